The summed E-state index contributed by atoms with van der Waals surface area (Å²) in [6.07, 6.45) is 2.44. The van der Waals surface area contributed by atoms with Crippen LogP contribution in [0, 0.1) is 5.92 Å². The summed E-state index contributed by atoms with van der Waals surface area (Å²) in [4.78, 5) is 16.6. The van der Waals surface area contributed by atoms with E-state index >= 15 is 0 Å². The van der Waals surface area contributed by atoms with Crippen LogP contribution < -0.4 is 0 Å². The summed E-state index contributed by atoms with van der Waals surface area (Å²) in [5.41, 5.74) is 1.35. The molecule has 23 heavy (non-hydrogen) atoms. The number of β-amino-alcohol motifs (C(OH)–C–C–N with tert-alkyl or cyclic N) is 1. The fraction of sp³-hybridized carbons (Fsp3) is 0.632. The van der Waals surface area contributed by atoms with Crippen LogP contribution in [0.1, 0.15) is 32.3 Å². The molecule has 1 heterocycles. The second-order valence-electron chi connectivity index (χ2n) is 6.86. The number of hydrogen-bond donors (Lipinski definition) is 1. The summed E-state index contributed by atoms with van der Waals surface area (Å²) in [5.74, 6) is 0.695. The Bertz CT molecular complexity index is 468. The maximum Gasteiger partial charge on any atom is 0.222 e. The van der Waals surface area contributed by atoms with Crippen molar-refractivity contribution >= 4 is 5.91 Å². The summed E-state index contributed by atoms with van der Waals surface area (Å²) >= 11 is 0. The molecular weight excluding hydrogens is 288 g/mol. The van der Waals surface area contributed by atoms with Gasteiger partial charge in [-0.25, -0.2) is 0 Å². The zero-order chi connectivity index (χ0) is 16.7. The highest BCUT2D eigenvalue weighted by molar-refractivity contribution is 5.76. The van der Waals surface area contributed by atoms with Crippen molar-refractivity contribution in [3.63, 3.8) is 0 Å². The van der Waals surface area contributed by atoms with E-state index in [2.05, 4.69) is 36.1 Å². The molecule has 0 bridgehead atoms. The lowest BCUT2D eigenvalue weighted by Crippen LogP contribution is -2.50. The van der Waals surface area contributed by atoms with E-state index in [1.807, 2.05) is 17.9 Å². The molecule has 2 unspecified atom stereocenters. The van der Waals surface area contributed by atoms with E-state index in [1.165, 1.54) is 5.56 Å². The molecule has 0 aliphatic carbocycles. The average molecular weight is 318 g/mol. The van der Waals surface area contributed by atoms with E-state index in [1.54, 1.807) is 0 Å². The molecule has 4 nitrogen and oxygen atoms in total. The maximum atomic E-state index is 12.4. The van der Waals surface area contributed by atoms with Crippen LogP contribution in [0.4, 0.5) is 0 Å². The van der Waals surface area contributed by atoms with Crippen molar-refractivity contribution in [3.8, 4) is 0 Å². The van der Waals surface area contributed by atoms with Gasteiger partial charge in [-0.2, -0.15) is 0 Å². The van der Waals surface area contributed by atoms with Gasteiger partial charge in [-0.15, -0.1) is 0 Å². The summed E-state index contributed by atoms with van der Waals surface area (Å²) in [6, 6.07) is 10.5. The van der Waals surface area contributed by atoms with Gasteiger partial charge < -0.3 is 10.0 Å². The van der Waals surface area contributed by atoms with E-state index in [9.17, 15) is 9.90 Å². The number of aryl methyl sites for hydroxylation is 1. The maximum absolute atomic E-state index is 12.4. The van der Waals surface area contributed by atoms with E-state index in [0.29, 0.717) is 18.9 Å². The number of carbonyl (C=O) groups is 1. The van der Waals surface area contributed by atoms with Crippen LogP contribution in [-0.4, -0.2) is 59.6 Å². The topological polar surface area (TPSA) is 43.8 Å². The molecule has 2 atom stereocenters. The number of amides is 1. The predicted octanol–water partition coefficient (Wildman–Crippen LogP) is 2.17. The molecule has 0 radical (unpaired) electrons. The summed E-state index contributed by atoms with van der Waals surface area (Å²) in [5, 5.41) is 9.43. The molecule has 1 saturated heterocycles. The monoisotopic (exact) mass is 318 g/mol. The summed E-state index contributed by atoms with van der Waals surface area (Å²) < 4.78 is 0. The van der Waals surface area contributed by atoms with Crippen molar-refractivity contribution in [2.75, 3.05) is 32.7 Å². The van der Waals surface area contributed by atoms with Crippen LogP contribution >= 0.6 is 0 Å². The zero-order valence-corrected chi connectivity index (χ0v) is 14.4. The Morgan fingerprint density at radius 1 is 1.13 bits per heavy atom. The molecule has 4 heteroatoms. The zero-order valence-electron chi connectivity index (χ0n) is 14.4. The first-order valence-corrected chi connectivity index (χ1v) is 8.76. The third-order valence-corrected chi connectivity index (χ3v) is 4.54. The van der Waals surface area contributed by atoms with E-state index < -0.39 is 0 Å². The Balaban J connectivity index is 1.68. The van der Waals surface area contributed by atoms with Crippen molar-refractivity contribution in [1.29, 1.82) is 0 Å². The average Bonchev–Trinajstić information content (AvgIpc) is 2.54. The SMILES string of the molecule is CC(O)CN1CCN(C(=O)CC(C)CCc2ccccc2)CC1. The van der Waals surface area contributed by atoms with Crippen molar-refractivity contribution < 1.29 is 9.90 Å². The van der Waals surface area contributed by atoms with Crippen molar-refractivity contribution in [3.05, 3.63) is 35.9 Å². The van der Waals surface area contributed by atoms with Crippen LogP contribution in [0.3, 0.4) is 0 Å². The number of nitrogens with zero attached hydrogens (tertiary/aromatic N) is 2. The molecule has 1 amide bonds. The Morgan fingerprint density at radius 2 is 1.78 bits per heavy atom. The van der Waals surface area contributed by atoms with Crippen LogP contribution in [0.5, 0.6) is 0 Å². The second kappa shape index (κ2) is 9.04. The van der Waals surface area contributed by atoms with Gasteiger partial charge in [-0.1, -0.05) is 37.3 Å². The molecule has 0 saturated carbocycles. The van der Waals surface area contributed by atoms with Gasteiger partial charge in [0, 0.05) is 39.1 Å². The first-order chi connectivity index (χ1) is 11.0. The number of rotatable bonds is 7. The largest absolute Gasteiger partial charge is 0.392 e. The normalized spacial score (nSPS) is 18.7. The lowest BCUT2D eigenvalue weighted by molar-refractivity contribution is -0.134. The Morgan fingerprint density at radius 3 is 2.39 bits per heavy atom. The fourth-order valence-corrected chi connectivity index (χ4v) is 3.14. The minimum absolute atomic E-state index is 0.280. The Hall–Kier alpha value is -1.39. The molecule has 128 valence electrons. The van der Waals surface area contributed by atoms with Gasteiger partial charge in [0.25, 0.3) is 0 Å². The molecule has 0 aromatic heterocycles. The predicted molar refractivity (Wildman–Crippen MR) is 93.2 cm³/mol. The number of piperazine rings is 1. The van der Waals surface area contributed by atoms with Crippen LogP contribution in [-0.2, 0) is 11.2 Å². The molecule has 1 aromatic carbocycles. The minimum Gasteiger partial charge on any atom is -0.392 e. The molecule has 1 fully saturated rings. The Kier molecular flexibility index (Phi) is 7.06. The number of benzene rings is 1. The summed E-state index contributed by atoms with van der Waals surface area (Å²) in [6.45, 7) is 8.00. The van der Waals surface area contributed by atoms with Crippen LogP contribution in [0.2, 0.25) is 0 Å². The fourth-order valence-electron chi connectivity index (χ4n) is 3.14. The van der Waals surface area contributed by atoms with E-state index in [4.69, 9.17) is 0 Å². The van der Waals surface area contributed by atoms with Gasteiger partial charge in [0.15, 0.2) is 0 Å². The van der Waals surface area contributed by atoms with Gasteiger partial charge in [-0.3, -0.25) is 9.69 Å². The van der Waals surface area contributed by atoms with Gasteiger partial charge in [0.1, 0.15) is 0 Å². The third kappa shape index (κ3) is 6.32. The molecule has 2 rings (SSSR count). The molecule has 1 N–H and O–H groups in total. The lowest BCUT2D eigenvalue weighted by Gasteiger charge is -2.35. The lowest BCUT2D eigenvalue weighted by atomic mass is 9.97. The highest BCUT2D eigenvalue weighted by atomic mass is 16.3. The standard InChI is InChI=1S/C19H30N2O2/c1-16(8-9-18-6-4-3-5-7-18)14-19(23)21-12-10-20(11-13-21)15-17(2)22/h3-7,16-17,22H,8-15H2,1-2H3. The van der Waals surface area contributed by atoms with Crippen molar-refractivity contribution in [2.24, 2.45) is 5.92 Å². The minimum atomic E-state index is -0.296. The highest BCUT2D eigenvalue weighted by Crippen LogP contribution is 2.15. The summed E-state index contributed by atoms with van der Waals surface area (Å²) in [7, 11) is 0. The van der Waals surface area contributed by atoms with Gasteiger partial charge >= 0.3 is 0 Å². The highest BCUT2D eigenvalue weighted by Gasteiger charge is 2.22. The molecule has 1 aromatic rings. The van der Waals surface area contributed by atoms with E-state index in [-0.39, 0.29) is 12.0 Å². The van der Waals surface area contributed by atoms with Crippen LogP contribution in [0.25, 0.3) is 0 Å². The Labute approximate surface area is 140 Å². The molecule has 1 aliphatic rings. The third-order valence-electron chi connectivity index (χ3n) is 4.54. The van der Waals surface area contributed by atoms with Gasteiger partial charge in [0.2, 0.25) is 5.91 Å². The number of carbonyl (C=O) groups excluding carboxylic acids is 1. The van der Waals surface area contributed by atoms with E-state index in [0.717, 1.165) is 39.0 Å². The first-order valence-electron chi connectivity index (χ1n) is 8.76. The smallest absolute Gasteiger partial charge is 0.222 e. The van der Waals surface area contributed by atoms with Gasteiger partial charge in [0.05, 0.1) is 6.10 Å². The second-order valence-corrected chi connectivity index (χ2v) is 6.86. The number of aliphatic hydroxyl groups excluding tert-OH is 1. The van der Waals surface area contributed by atoms with Crippen molar-refractivity contribution in [1.82, 2.24) is 9.80 Å². The molecular formula is C19H30N2O2. The van der Waals surface area contributed by atoms with Crippen molar-refractivity contribution in [2.45, 2.75) is 39.2 Å². The van der Waals surface area contributed by atoms with Crippen LogP contribution in [0.15, 0.2) is 30.3 Å². The molecule has 1 aliphatic heterocycles. The number of hydrogen-bond acceptors (Lipinski definition) is 3. The quantitative estimate of drug-likeness (QED) is 0.838. The first kappa shape index (κ1) is 18.0. The van der Waals surface area contributed by atoms with Gasteiger partial charge in [-0.05, 0) is 31.2 Å². The molecule has 0 spiro atoms. The number of aliphatic hydroxyl groups is 1.